The molecule has 0 amide bonds. The molecule has 1 saturated heterocycles. The molecule has 0 spiro atoms. The number of fused-ring (bicyclic) bond motifs is 1. The van der Waals surface area contributed by atoms with Crippen molar-refractivity contribution in [2.24, 2.45) is 4.99 Å². The molecule has 4 rings (SSSR count). The van der Waals surface area contributed by atoms with Gasteiger partial charge >= 0.3 is 0 Å². The van der Waals surface area contributed by atoms with E-state index < -0.39 is 0 Å². The smallest absolute Gasteiger partial charge is 0.197 e. The minimum atomic E-state index is 0.388. The lowest BCUT2D eigenvalue weighted by molar-refractivity contribution is 0.206. The Hall–Kier alpha value is -2.69. The summed E-state index contributed by atoms with van der Waals surface area (Å²) in [5, 5.41) is 0. The molecule has 2 aliphatic rings. The molecule has 0 bridgehead atoms. The number of ether oxygens (including phenoxy) is 2. The summed E-state index contributed by atoms with van der Waals surface area (Å²) < 4.78 is 10.8. The lowest BCUT2D eigenvalue weighted by atomic mass is 9.99. The molecule has 2 aromatic rings. The minimum Gasteiger partial charge on any atom is -0.493 e. The largest absolute Gasteiger partial charge is 0.493 e. The van der Waals surface area contributed by atoms with E-state index in [9.17, 15) is 0 Å². The molecule has 1 unspecified atom stereocenters. The first-order valence-corrected chi connectivity index (χ1v) is 9.62. The molecule has 27 heavy (non-hydrogen) atoms. The van der Waals surface area contributed by atoms with Gasteiger partial charge in [-0.1, -0.05) is 36.4 Å². The molecule has 5 heteroatoms. The molecule has 5 nitrogen and oxygen atoms in total. The van der Waals surface area contributed by atoms with Crippen molar-refractivity contribution < 1.29 is 9.47 Å². The lowest BCUT2D eigenvalue weighted by Crippen LogP contribution is -2.50. The first kappa shape index (κ1) is 17.7. The molecule has 142 valence electrons. The molecule has 1 fully saturated rings. The second-order valence-corrected chi connectivity index (χ2v) is 7.02. The van der Waals surface area contributed by atoms with Crippen molar-refractivity contribution in [3.8, 4) is 11.5 Å². The monoisotopic (exact) mass is 365 g/mol. The topological polar surface area (TPSA) is 37.3 Å². The van der Waals surface area contributed by atoms with E-state index in [1.807, 2.05) is 6.07 Å². The number of nitrogens with zero attached hydrogens (tertiary/aromatic N) is 3. The third-order valence-corrected chi connectivity index (χ3v) is 5.49. The Bertz CT molecular complexity index is 806. The number of benzene rings is 2. The van der Waals surface area contributed by atoms with Crippen LogP contribution in [0.2, 0.25) is 0 Å². The highest BCUT2D eigenvalue weighted by atomic mass is 16.5. The van der Waals surface area contributed by atoms with Gasteiger partial charge in [0.15, 0.2) is 17.5 Å². The van der Waals surface area contributed by atoms with E-state index in [1.165, 1.54) is 11.1 Å². The Kier molecular flexibility index (Phi) is 5.19. The van der Waals surface area contributed by atoms with Gasteiger partial charge in [0.25, 0.3) is 0 Å². The number of hydrogen-bond donors (Lipinski definition) is 0. The fourth-order valence-electron chi connectivity index (χ4n) is 4.09. The van der Waals surface area contributed by atoms with E-state index in [0.717, 1.165) is 56.5 Å². The minimum absolute atomic E-state index is 0.388. The van der Waals surface area contributed by atoms with Gasteiger partial charge in [0.2, 0.25) is 0 Å². The molecule has 0 aromatic heterocycles. The van der Waals surface area contributed by atoms with Crippen molar-refractivity contribution in [3.63, 3.8) is 0 Å². The molecule has 2 aliphatic heterocycles. The van der Waals surface area contributed by atoms with Gasteiger partial charge in [-0.25, -0.2) is 0 Å². The summed E-state index contributed by atoms with van der Waals surface area (Å²) in [5.41, 5.74) is 2.62. The van der Waals surface area contributed by atoms with Crippen molar-refractivity contribution in [3.05, 3.63) is 59.7 Å². The Morgan fingerprint density at radius 1 is 1.00 bits per heavy atom. The summed E-state index contributed by atoms with van der Waals surface area (Å²) in [4.78, 5) is 9.73. The van der Waals surface area contributed by atoms with Gasteiger partial charge < -0.3 is 19.3 Å². The summed E-state index contributed by atoms with van der Waals surface area (Å²) >= 11 is 0. The molecule has 1 atom stereocenters. The average Bonchev–Trinajstić information content (AvgIpc) is 3.21. The number of hydrogen-bond acceptors (Lipinski definition) is 5. The molecular weight excluding hydrogens is 338 g/mol. The maximum Gasteiger partial charge on any atom is 0.197 e. The van der Waals surface area contributed by atoms with Crippen LogP contribution < -0.4 is 9.47 Å². The van der Waals surface area contributed by atoms with Gasteiger partial charge in [-0.15, -0.1) is 0 Å². The highest BCUT2D eigenvalue weighted by molar-refractivity contribution is 5.83. The van der Waals surface area contributed by atoms with Crippen molar-refractivity contribution in [2.75, 3.05) is 40.4 Å². The van der Waals surface area contributed by atoms with Gasteiger partial charge in [0, 0.05) is 19.6 Å². The van der Waals surface area contributed by atoms with E-state index in [4.69, 9.17) is 14.5 Å². The van der Waals surface area contributed by atoms with Crippen molar-refractivity contribution in [1.29, 1.82) is 0 Å². The highest BCUT2D eigenvalue weighted by Crippen LogP contribution is 2.32. The normalized spacial score (nSPS) is 18.9. The lowest BCUT2D eigenvalue weighted by Gasteiger charge is -2.42. The Balaban J connectivity index is 1.55. The van der Waals surface area contributed by atoms with E-state index in [2.05, 4.69) is 52.3 Å². The summed E-state index contributed by atoms with van der Waals surface area (Å²) in [6, 6.07) is 17.4. The Morgan fingerprint density at radius 2 is 1.81 bits per heavy atom. The van der Waals surface area contributed by atoms with Gasteiger partial charge in [-0.05, 0) is 36.1 Å². The standard InChI is InChI=1S/C22H27N3O2/c1-26-20-9-8-17(16-21(20)27-2)10-14-25-19(18-6-4-3-5-7-18)11-13-24-15-12-23-22(24)25/h3-9,16,19H,10-15H2,1-2H3. The first-order chi connectivity index (χ1) is 13.3. The molecule has 2 aromatic carbocycles. The fourth-order valence-corrected chi connectivity index (χ4v) is 4.09. The van der Waals surface area contributed by atoms with Gasteiger partial charge in [-0.3, -0.25) is 4.99 Å². The third-order valence-electron chi connectivity index (χ3n) is 5.49. The predicted molar refractivity (Wildman–Crippen MR) is 108 cm³/mol. The van der Waals surface area contributed by atoms with Gasteiger partial charge in [0.05, 0.1) is 26.8 Å². The zero-order valence-corrected chi connectivity index (χ0v) is 16.1. The van der Waals surface area contributed by atoms with E-state index >= 15 is 0 Å². The second kappa shape index (κ2) is 7.91. The molecule has 2 heterocycles. The van der Waals surface area contributed by atoms with Crippen molar-refractivity contribution in [2.45, 2.75) is 18.9 Å². The van der Waals surface area contributed by atoms with Gasteiger partial charge in [-0.2, -0.15) is 0 Å². The van der Waals surface area contributed by atoms with E-state index in [-0.39, 0.29) is 0 Å². The van der Waals surface area contributed by atoms with Crippen molar-refractivity contribution >= 4 is 5.96 Å². The van der Waals surface area contributed by atoms with Crippen molar-refractivity contribution in [1.82, 2.24) is 9.80 Å². The van der Waals surface area contributed by atoms with E-state index in [0.29, 0.717) is 6.04 Å². The number of methoxy groups -OCH3 is 2. The van der Waals surface area contributed by atoms with Gasteiger partial charge in [0.1, 0.15) is 0 Å². The van der Waals surface area contributed by atoms with Crippen LogP contribution in [0.4, 0.5) is 0 Å². The highest BCUT2D eigenvalue weighted by Gasteiger charge is 2.34. The maximum absolute atomic E-state index is 5.46. The van der Waals surface area contributed by atoms with Crippen LogP contribution in [0.15, 0.2) is 53.5 Å². The van der Waals surface area contributed by atoms with Crippen LogP contribution in [0.3, 0.4) is 0 Å². The Morgan fingerprint density at radius 3 is 2.59 bits per heavy atom. The quantitative estimate of drug-likeness (QED) is 0.787. The average molecular weight is 365 g/mol. The van der Waals surface area contributed by atoms with Crippen LogP contribution in [-0.4, -0.2) is 56.2 Å². The van der Waals surface area contributed by atoms with Crippen LogP contribution in [0.25, 0.3) is 0 Å². The molecular formula is C22H27N3O2. The summed E-state index contributed by atoms with van der Waals surface area (Å²) in [5.74, 6) is 2.72. The third kappa shape index (κ3) is 3.59. The van der Waals surface area contributed by atoms with Crippen LogP contribution >= 0.6 is 0 Å². The van der Waals surface area contributed by atoms with Crippen LogP contribution in [0.1, 0.15) is 23.6 Å². The predicted octanol–water partition coefficient (Wildman–Crippen LogP) is 3.36. The number of guanidine groups is 1. The summed E-state index contributed by atoms with van der Waals surface area (Å²) in [6.07, 6.45) is 2.07. The summed E-state index contributed by atoms with van der Waals surface area (Å²) in [6.45, 7) is 3.98. The molecule has 0 saturated carbocycles. The summed E-state index contributed by atoms with van der Waals surface area (Å²) in [7, 11) is 3.35. The van der Waals surface area contributed by atoms with Crippen LogP contribution in [0, 0.1) is 0 Å². The van der Waals surface area contributed by atoms with E-state index in [1.54, 1.807) is 14.2 Å². The van der Waals surface area contributed by atoms with Crippen LogP contribution in [0.5, 0.6) is 11.5 Å². The second-order valence-electron chi connectivity index (χ2n) is 7.02. The maximum atomic E-state index is 5.46. The number of aliphatic imine (C=N–C) groups is 1. The Labute approximate surface area is 161 Å². The number of rotatable bonds is 6. The fraction of sp³-hybridized carbons (Fsp3) is 0.409. The zero-order valence-electron chi connectivity index (χ0n) is 16.1. The zero-order chi connectivity index (χ0) is 18.6. The molecule has 0 radical (unpaired) electrons. The van der Waals surface area contributed by atoms with Crippen LogP contribution in [-0.2, 0) is 6.42 Å². The SMILES string of the molecule is COc1ccc(CCN2C3=NCCN3CCC2c2ccccc2)cc1OC. The molecule has 0 N–H and O–H groups in total. The molecule has 0 aliphatic carbocycles. The first-order valence-electron chi connectivity index (χ1n) is 9.62.